The van der Waals surface area contributed by atoms with Crippen molar-refractivity contribution in [1.82, 2.24) is 0 Å². The molecule has 0 aliphatic carbocycles. The number of hydrogen-bond donors (Lipinski definition) is 3. The van der Waals surface area contributed by atoms with Crippen molar-refractivity contribution >= 4 is 39.5 Å². The lowest BCUT2D eigenvalue weighted by molar-refractivity contribution is -0.161. The molecule has 0 aliphatic rings. The van der Waals surface area contributed by atoms with Crippen LogP contribution in [0.25, 0.3) is 0 Å². The van der Waals surface area contributed by atoms with Crippen molar-refractivity contribution in [2.45, 2.75) is 426 Å². The summed E-state index contributed by atoms with van der Waals surface area (Å²) in [4.78, 5) is 72.9. The van der Waals surface area contributed by atoms with Crippen LogP contribution < -0.4 is 0 Å². The fraction of sp³-hybridized carbons (Fsp3) is 0.949. The second-order valence-corrected chi connectivity index (χ2v) is 32.6. The highest BCUT2D eigenvalue weighted by Gasteiger charge is 2.30. The lowest BCUT2D eigenvalue weighted by atomic mass is 9.99. The van der Waals surface area contributed by atoms with E-state index in [9.17, 15) is 43.2 Å². The van der Waals surface area contributed by atoms with Gasteiger partial charge < -0.3 is 33.8 Å². The van der Waals surface area contributed by atoms with Crippen molar-refractivity contribution < 1.29 is 80.2 Å². The summed E-state index contributed by atoms with van der Waals surface area (Å²) in [5, 5.41) is 10.6. The van der Waals surface area contributed by atoms with E-state index in [-0.39, 0.29) is 25.7 Å². The van der Waals surface area contributed by atoms with E-state index in [0.717, 1.165) is 108 Å². The van der Waals surface area contributed by atoms with Gasteiger partial charge >= 0.3 is 39.5 Å². The largest absolute Gasteiger partial charge is 0.472 e. The first kappa shape index (κ1) is 96.1. The Balaban J connectivity index is 5.25. The molecule has 582 valence electrons. The number of carbonyl (C=O) groups is 4. The van der Waals surface area contributed by atoms with E-state index >= 15 is 0 Å². The van der Waals surface area contributed by atoms with Crippen LogP contribution in [0.3, 0.4) is 0 Å². The SMILES string of the molecule is CCCCCCCCCCCCCCCCCCCCCC(=O)O[C@H](COC(=O)CCCCCCCCCCCCCCCC(C)C)COP(=O)(O)OC[C@@H](O)COP(=O)(O)OC[C@@H](COC(=O)CCCCCCCCCCC(C)C)OC(=O)CCCCCCCCCCC(C)CC. The molecule has 0 rings (SSSR count). The Hall–Kier alpha value is -1.94. The van der Waals surface area contributed by atoms with E-state index < -0.39 is 97.5 Å². The standard InChI is InChI=1S/C79H154O17P2/c1-8-10-11-12-13-14-15-16-17-18-19-20-21-24-28-31-41-48-55-62-78(83)95-74(66-89-76(81)60-53-46-39-30-27-25-22-23-26-29-36-43-50-57-70(3)4)68-93-97(85,86)91-64-73(80)65-92-98(87,88)94-69-75(67-90-77(82)61-54-47-40-34-32-37-44-51-58-71(5)6)96-79(84)63-56-49-42-35-33-38-45-52-59-72(7)9-2/h70-75,80H,8-69H2,1-7H3,(H,85,86)(H,87,88)/t72?,73-,74-,75-/m1/s1. The second-order valence-electron chi connectivity index (χ2n) is 29.6. The topological polar surface area (TPSA) is 237 Å². The minimum Gasteiger partial charge on any atom is -0.462 e. The van der Waals surface area contributed by atoms with Gasteiger partial charge in [0.05, 0.1) is 26.4 Å². The number of esters is 4. The summed E-state index contributed by atoms with van der Waals surface area (Å²) in [6.45, 7) is 11.9. The molecule has 6 atom stereocenters. The van der Waals surface area contributed by atoms with Gasteiger partial charge in [0.2, 0.25) is 0 Å². The Morgan fingerprint density at radius 2 is 0.520 bits per heavy atom. The summed E-state index contributed by atoms with van der Waals surface area (Å²) in [6, 6.07) is 0. The van der Waals surface area contributed by atoms with Crippen LogP contribution in [0.5, 0.6) is 0 Å². The summed E-state index contributed by atoms with van der Waals surface area (Å²) in [7, 11) is -9.92. The quantitative estimate of drug-likeness (QED) is 0.0222. The molecule has 0 aromatic rings. The van der Waals surface area contributed by atoms with Gasteiger partial charge in [-0.25, -0.2) is 9.13 Å². The van der Waals surface area contributed by atoms with Gasteiger partial charge in [0.15, 0.2) is 12.2 Å². The molecule has 0 saturated carbocycles. The molecule has 0 aliphatic heterocycles. The molecular formula is C79H154O17P2. The normalized spacial score (nSPS) is 14.3. The number of hydrogen-bond acceptors (Lipinski definition) is 15. The van der Waals surface area contributed by atoms with Crippen LogP contribution in [0.2, 0.25) is 0 Å². The molecule has 0 saturated heterocycles. The third-order valence-electron chi connectivity index (χ3n) is 18.7. The third kappa shape index (κ3) is 71.1. The third-order valence-corrected chi connectivity index (χ3v) is 20.6. The lowest BCUT2D eigenvalue weighted by Crippen LogP contribution is -2.30. The lowest BCUT2D eigenvalue weighted by Gasteiger charge is -2.21. The van der Waals surface area contributed by atoms with Crippen molar-refractivity contribution in [1.29, 1.82) is 0 Å². The zero-order chi connectivity index (χ0) is 72.3. The van der Waals surface area contributed by atoms with Crippen molar-refractivity contribution in [3.8, 4) is 0 Å². The van der Waals surface area contributed by atoms with Crippen LogP contribution in [0.4, 0.5) is 0 Å². The van der Waals surface area contributed by atoms with Crippen LogP contribution in [0.15, 0.2) is 0 Å². The summed E-state index contributed by atoms with van der Waals surface area (Å²) in [5.74, 6) is 0.171. The predicted molar refractivity (Wildman–Crippen MR) is 400 cm³/mol. The van der Waals surface area contributed by atoms with Gasteiger partial charge in [0, 0.05) is 25.7 Å². The molecule has 0 radical (unpaired) electrons. The fourth-order valence-corrected chi connectivity index (χ4v) is 13.7. The minimum atomic E-state index is -4.96. The average Bonchev–Trinajstić information content (AvgIpc) is 1.00. The smallest absolute Gasteiger partial charge is 0.462 e. The maximum absolute atomic E-state index is 13.1. The Bertz CT molecular complexity index is 1910. The minimum absolute atomic E-state index is 0.104. The molecule has 0 bridgehead atoms. The monoisotopic (exact) mass is 1440 g/mol. The maximum atomic E-state index is 13.1. The zero-order valence-corrected chi connectivity index (χ0v) is 66.0. The molecular weight excluding hydrogens is 1280 g/mol. The number of phosphoric acid groups is 2. The highest BCUT2D eigenvalue weighted by Crippen LogP contribution is 2.45. The molecule has 0 spiro atoms. The first-order valence-electron chi connectivity index (χ1n) is 40.9. The molecule has 0 heterocycles. The van der Waals surface area contributed by atoms with Crippen LogP contribution in [-0.4, -0.2) is 96.7 Å². The van der Waals surface area contributed by atoms with Gasteiger partial charge in [-0.05, 0) is 43.4 Å². The van der Waals surface area contributed by atoms with Gasteiger partial charge in [-0.3, -0.25) is 37.3 Å². The first-order chi connectivity index (χ1) is 47.3. The van der Waals surface area contributed by atoms with Crippen molar-refractivity contribution in [2.75, 3.05) is 39.6 Å². The van der Waals surface area contributed by atoms with E-state index in [1.54, 1.807) is 0 Å². The van der Waals surface area contributed by atoms with Gasteiger partial charge in [0.1, 0.15) is 19.3 Å². The average molecular weight is 1440 g/mol. The molecule has 98 heavy (non-hydrogen) atoms. The molecule has 19 heteroatoms. The number of aliphatic hydroxyl groups excluding tert-OH is 1. The number of aliphatic hydroxyl groups is 1. The van der Waals surface area contributed by atoms with E-state index in [1.807, 2.05) is 0 Å². The fourth-order valence-electron chi connectivity index (χ4n) is 12.1. The number of carbonyl (C=O) groups excluding carboxylic acids is 4. The Morgan fingerprint density at radius 3 is 0.776 bits per heavy atom. The van der Waals surface area contributed by atoms with E-state index in [0.29, 0.717) is 25.7 Å². The molecule has 3 unspecified atom stereocenters. The summed E-state index contributed by atoms with van der Waals surface area (Å²) in [5.41, 5.74) is 0. The number of unbranched alkanes of at least 4 members (excludes halogenated alkanes) is 44. The molecule has 0 aromatic heterocycles. The van der Waals surface area contributed by atoms with E-state index in [1.165, 1.54) is 218 Å². The summed E-state index contributed by atoms with van der Waals surface area (Å²) in [6.07, 6.45) is 56.9. The number of phosphoric ester groups is 2. The molecule has 0 fully saturated rings. The van der Waals surface area contributed by atoms with Gasteiger partial charge in [-0.1, -0.05) is 357 Å². The highest BCUT2D eigenvalue weighted by atomic mass is 31.2. The Kier molecular flexibility index (Phi) is 68.1. The summed E-state index contributed by atoms with van der Waals surface area (Å²) < 4.78 is 68.6. The zero-order valence-electron chi connectivity index (χ0n) is 64.3. The van der Waals surface area contributed by atoms with Crippen LogP contribution in [0, 0.1) is 17.8 Å². The van der Waals surface area contributed by atoms with E-state index in [2.05, 4.69) is 48.5 Å². The van der Waals surface area contributed by atoms with Gasteiger partial charge in [-0.15, -0.1) is 0 Å². The van der Waals surface area contributed by atoms with E-state index in [4.69, 9.17) is 37.0 Å². The first-order valence-corrected chi connectivity index (χ1v) is 43.9. The predicted octanol–water partition coefficient (Wildman–Crippen LogP) is 23.4. The summed E-state index contributed by atoms with van der Waals surface area (Å²) >= 11 is 0. The van der Waals surface area contributed by atoms with Crippen molar-refractivity contribution in [3.05, 3.63) is 0 Å². The van der Waals surface area contributed by atoms with Gasteiger partial charge in [0.25, 0.3) is 0 Å². The van der Waals surface area contributed by atoms with Crippen molar-refractivity contribution in [3.63, 3.8) is 0 Å². The molecule has 0 amide bonds. The Morgan fingerprint density at radius 1 is 0.296 bits per heavy atom. The van der Waals surface area contributed by atoms with Crippen LogP contribution in [-0.2, 0) is 65.4 Å². The second kappa shape index (κ2) is 69.4. The van der Waals surface area contributed by atoms with Crippen molar-refractivity contribution in [2.24, 2.45) is 17.8 Å². The highest BCUT2D eigenvalue weighted by molar-refractivity contribution is 7.47. The maximum Gasteiger partial charge on any atom is 0.472 e. The number of ether oxygens (including phenoxy) is 4. The number of rotatable bonds is 77. The molecule has 17 nitrogen and oxygen atoms in total. The Labute approximate surface area is 600 Å². The molecule has 0 aromatic carbocycles. The van der Waals surface area contributed by atoms with Gasteiger partial charge in [-0.2, -0.15) is 0 Å². The van der Waals surface area contributed by atoms with Crippen LogP contribution in [0.1, 0.15) is 408 Å². The molecule has 3 N–H and O–H groups in total. The van der Waals surface area contributed by atoms with Crippen LogP contribution >= 0.6 is 15.6 Å².